The second-order valence-corrected chi connectivity index (χ2v) is 7.01. The Morgan fingerprint density at radius 1 is 1.15 bits per heavy atom. The van der Waals surface area contributed by atoms with Gasteiger partial charge in [0, 0.05) is 33.3 Å². The molecule has 1 aromatic carbocycles. The molecule has 0 spiro atoms. The molecule has 1 N–H and O–H groups in total. The van der Waals surface area contributed by atoms with Crippen molar-refractivity contribution in [1.82, 2.24) is 4.98 Å². The van der Waals surface area contributed by atoms with Gasteiger partial charge in [-0.25, -0.2) is 0 Å². The first-order chi connectivity index (χ1) is 9.92. The van der Waals surface area contributed by atoms with Crippen LogP contribution in [0.3, 0.4) is 0 Å². The lowest BCUT2D eigenvalue weighted by Gasteiger charge is -2.22. The highest BCUT2D eigenvalue weighted by Gasteiger charge is 2.38. The first-order valence-electron chi connectivity index (χ1n) is 7.27. The van der Waals surface area contributed by atoms with Gasteiger partial charge in [-0.3, -0.25) is 0 Å². The number of H-pyrrole nitrogens is 1. The van der Waals surface area contributed by atoms with Crippen molar-refractivity contribution >= 4 is 28.7 Å². The summed E-state index contributed by atoms with van der Waals surface area (Å²) in [6.45, 7) is 0. The van der Waals surface area contributed by atoms with Gasteiger partial charge in [0.05, 0.1) is 0 Å². The fourth-order valence-electron chi connectivity index (χ4n) is 3.75. The maximum Gasteiger partial charge on any atom is 0.0462 e. The van der Waals surface area contributed by atoms with E-state index in [9.17, 15) is 0 Å². The van der Waals surface area contributed by atoms with Gasteiger partial charge >= 0.3 is 0 Å². The van der Waals surface area contributed by atoms with Crippen LogP contribution in [0.4, 0.5) is 0 Å². The van der Waals surface area contributed by atoms with Crippen molar-refractivity contribution in [3.8, 4) is 0 Å². The molecule has 2 unspecified atom stereocenters. The average molecular weight is 277 g/mol. The molecule has 3 aliphatic rings. The van der Waals surface area contributed by atoms with Gasteiger partial charge in [-0.15, -0.1) is 11.8 Å². The highest BCUT2D eigenvalue weighted by atomic mass is 32.2. The van der Waals surface area contributed by atoms with E-state index in [1.807, 2.05) is 0 Å². The lowest BCUT2D eigenvalue weighted by molar-refractivity contribution is 0.811. The Kier molecular flexibility index (Phi) is 2.16. The van der Waals surface area contributed by atoms with Gasteiger partial charge in [0.1, 0.15) is 0 Å². The molecular weight excluding hydrogens is 262 g/mol. The van der Waals surface area contributed by atoms with Crippen LogP contribution in [0, 0.1) is 0 Å². The van der Waals surface area contributed by atoms with E-state index in [-0.39, 0.29) is 0 Å². The Morgan fingerprint density at radius 2 is 2.10 bits per heavy atom. The molecule has 0 saturated carbocycles. The van der Waals surface area contributed by atoms with Crippen LogP contribution in [0.1, 0.15) is 30.0 Å². The molecule has 2 atom stereocenters. The number of nitrogens with one attached hydrogen (secondary N) is 1. The second kappa shape index (κ2) is 3.92. The normalized spacial score (nSPS) is 26.8. The van der Waals surface area contributed by atoms with Crippen LogP contribution in [0.15, 0.2) is 53.0 Å². The monoisotopic (exact) mass is 277 g/mol. The zero-order valence-corrected chi connectivity index (χ0v) is 11.9. The number of hydrogen-bond acceptors (Lipinski definition) is 1. The largest absolute Gasteiger partial charge is 0.357 e. The summed E-state index contributed by atoms with van der Waals surface area (Å²) in [4.78, 5) is 5.30. The van der Waals surface area contributed by atoms with E-state index in [4.69, 9.17) is 0 Å². The van der Waals surface area contributed by atoms with Crippen LogP contribution in [-0.2, 0) is 0 Å². The molecule has 2 heterocycles. The van der Waals surface area contributed by atoms with Gasteiger partial charge in [-0.1, -0.05) is 42.5 Å². The van der Waals surface area contributed by atoms with Crippen molar-refractivity contribution in [2.45, 2.75) is 24.0 Å². The zero-order chi connectivity index (χ0) is 13.1. The number of thioether (sulfide) groups is 1. The molecule has 1 nitrogen and oxygen atoms in total. The quantitative estimate of drug-likeness (QED) is 0.716. The Labute approximate surface area is 122 Å². The van der Waals surface area contributed by atoms with E-state index in [0.29, 0.717) is 11.2 Å². The van der Waals surface area contributed by atoms with Gasteiger partial charge in [0.2, 0.25) is 0 Å². The second-order valence-electron chi connectivity index (χ2n) is 5.74. The summed E-state index contributed by atoms with van der Waals surface area (Å²) in [6.07, 6.45) is 11.9. The van der Waals surface area contributed by atoms with Crippen LogP contribution in [0.25, 0.3) is 17.0 Å². The minimum atomic E-state index is 0.527. The topological polar surface area (TPSA) is 15.8 Å². The van der Waals surface area contributed by atoms with Crippen molar-refractivity contribution in [3.05, 3.63) is 64.2 Å². The molecule has 2 heteroatoms. The number of rotatable bonds is 0. The van der Waals surface area contributed by atoms with Gasteiger partial charge in [-0.2, -0.15) is 0 Å². The molecule has 2 aliphatic carbocycles. The third kappa shape index (κ3) is 1.35. The van der Waals surface area contributed by atoms with Crippen LogP contribution >= 0.6 is 11.8 Å². The Morgan fingerprint density at radius 3 is 3.10 bits per heavy atom. The molecule has 20 heavy (non-hydrogen) atoms. The van der Waals surface area contributed by atoms with E-state index in [1.54, 1.807) is 10.5 Å². The van der Waals surface area contributed by atoms with Crippen LogP contribution in [0.5, 0.6) is 0 Å². The van der Waals surface area contributed by atoms with E-state index >= 15 is 0 Å². The molecule has 1 aliphatic heterocycles. The lowest BCUT2D eigenvalue weighted by atomic mass is 9.84. The fourth-order valence-corrected chi connectivity index (χ4v) is 5.22. The summed E-state index contributed by atoms with van der Waals surface area (Å²) < 4.78 is 0. The molecule has 0 radical (unpaired) electrons. The van der Waals surface area contributed by atoms with Gasteiger partial charge < -0.3 is 4.98 Å². The molecule has 0 saturated heterocycles. The molecular formula is C18H15NS. The summed E-state index contributed by atoms with van der Waals surface area (Å²) in [5.41, 5.74) is 5.64. The summed E-state index contributed by atoms with van der Waals surface area (Å²) in [7, 11) is 0. The first-order valence-corrected chi connectivity index (χ1v) is 8.15. The average Bonchev–Trinajstić information content (AvgIpc) is 3.04. The van der Waals surface area contributed by atoms with Crippen LogP contribution in [-0.4, -0.2) is 10.2 Å². The van der Waals surface area contributed by atoms with Crippen molar-refractivity contribution < 1.29 is 0 Å². The maximum atomic E-state index is 3.69. The first kappa shape index (κ1) is 11.0. The van der Waals surface area contributed by atoms with E-state index in [2.05, 4.69) is 65.3 Å². The number of benzene rings is 1. The highest BCUT2D eigenvalue weighted by molar-refractivity contribution is 8.04. The summed E-state index contributed by atoms with van der Waals surface area (Å²) in [6, 6.07) is 8.65. The lowest BCUT2D eigenvalue weighted by Crippen LogP contribution is -2.14. The predicted octanol–water partition coefficient (Wildman–Crippen LogP) is 5.00. The van der Waals surface area contributed by atoms with E-state index in [1.165, 1.54) is 35.0 Å². The van der Waals surface area contributed by atoms with Crippen LogP contribution in [0.2, 0.25) is 0 Å². The zero-order valence-electron chi connectivity index (χ0n) is 11.1. The third-order valence-corrected chi connectivity index (χ3v) is 6.07. The SMILES string of the molecule is C1=CC2=C(CC1)SC1C=Cc3c([nH]c4ccccc34)C21. The standard InChI is InChI=1S/C18H15NS/c1-3-7-14-11(5-1)12-9-10-16-17(18(12)19-14)13-6-2-4-8-15(13)20-16/h1-3,5-7,9-10,16-17,19H,4,8H2. The Bertz CT molecular complexity index is 806. The Hall–Kier alpha value is -1.67. The number of hydrogen-bond donors (Lipinski definition) is 1. The molecule has 98 valence electrons. The van der Waals surface area contributed by atoms with Crippen molar-refractivity contribution in [2.75, 3.05) is 0 Å². The smallest absolute Gasteiger partial charge is 0.0462 e. The minimum absolute atomic E-state index is 0.527. The van der Waals surface area contributed by atoms with Crippen molar-refractivity contribution in [1.29, 1.82) is 0 Å². The van der Waals surface area contributed by atoms with Gasteiger partial charge in [0.25, 0.3) is 0 Å². The maximum absolute atomic E-state index is 3.69. The summed E-state index contributed by atoms with van der Waals surface area (Å²) >= 11 is 2.07. The van der Waals surface area contributed by atoms with E-state index in [0.717, 1.165) is 0 Å². The van der Waals surface area contributed by atoms with Gasteiger partial charge in [0.15, 0.2) is 0 Å². The third-order valence-electron chi connectivity index (χ3n) is 4.64. The fraction of sp³-hybridized carbons (Fsp3) is 0.222. The number of fused-ring (bicyclic) bond motifs is 6. The minimum Gasteiger partial charge on any atom is -0.357 e. The highest BCUT2D eigenvalue weighted by Crippen LogP contribution is 2.54. The van der Waals surface area contributed by atoms with Crippen LogP contribution < -0.4 is 0 Å². The van der Waals surface area contributed by atoms with Gasteiger partial charge in [-0.05, 0) is 29.4 Å². The molecule has 0 bridgehead atoms. The van der Waals surface area contributed by atoms with Crippen molar-refractivity contribution in [2.24, 2.45) is 0 Å². The molecule has 0 amide bonds. The molecule has 0 fully saturated rings. The number of para-hydroxylation sites is 1. The number of aromatic nitrogens is 1. The molecule has 1 aromatic heterocycles. The molecule has 2 aromatic rings. The number of allylic oxidation sites excluding steroid dienone is 4. The summed E-state index contributed by atoms with van der Waals surface area (Å²) in [5.74, 6) is 0.527. The van der Waals surface area contributed by atoms with E-state index < -0.39 is 0 Å². The predicted molar refractivity (Wildman–Crippen MR) is 86.9 cm³/mol. The molecule has 5 rings (SSSR count). The number of aromatic amines is 1. The summed E-state index contributed by atoms with van der Waals surface area (Å²) in [5, 5.41) is 1.94. The van der Waals surface area contributed by atoms with Crippen molar-refractivity contribution in [3.63, 3.8) is 0 Å². The Balaban J connectivity index is 1.77.